The van der Waals surface area contributed by atoms with Crippen molar-refractivity contribution in [2.45, 2.75) is 6.42 Å². The number of guanidine groups is 1. The van der Waals surface area contributed by atoms with Gasteiger partial charge < -0.3 is 24.6 Å². The molecule has 0 radical (unpaired) electrons. The zero-order chi connectivity index (χ0) is 16.8. The van der Waals surface area contributed by atoms with Crippen LogP contribution < -0.4 is 15.0 Å². The molecule has 1 N–H and O–H groups in total. The second-order valence-corrected chi connectivity index (χ2v) is 6.33. The standard InChI is InChI=1S/C18H28N4O2.HI/c1-19-18(20-13-15-7-12-24-14-15)22-10-8-21(9-11-22)16-3-5-17(23-2)6-4-16;/h3-6,15H,7-14H2,1-2H3,(H,19,20);1H. The van der Waals surface area contributed by atoms with Gasteiger partial charge in [0.1, 0.15) is 5.75 Å². The van der Waals surface area contributed by atoms with Crippen molar-refractivity contribution in [1.29, 1.82) is 0 Å². The van der Waals surface area contributed by atoms with Gasteiger partial charge in [0.05, 0.1) is 13.7 Å². The highest BCUT2D eigenvalue weighted by Gasteiger charge is 2.21. The third kappa shape index (κ3) is 5.37. The Balaban J connectivity index is 0.00000225. The van der Waals surface area contributed by atoms with Crippen molar-refractivity contribution in [3.63, 3.8) is 0 Å². The van der Waals surface area contributed by atoms with Crippen LogP contribution in [0.25, 0.3) is 0 Å². The lowest BCUT2D eigenvalue weighted by atomic mass is 10.1. The first-order valence-corrected chi connectivity index (χ1v) is 8.72. The molecule has 0 aromatic heterocycles. The molecule has 1 aromatic rings. The summed E-state index contributed by atoms with van der Waals surface area (Å²) in [6, 6.07) is 8.29. The van der Waals surface area contributed by atoms with Crippen molar-refractivity contribution in [2.75, 3.05) is 65.0 Å². The average Bonchev–Trinajstić information content (AvgIpc) is 3.16. The van der Waals surface area contributed by atoms with Crippen LogP contribution >= 0.6 is 24.0 Å². The second kappa shape index (κ2) is 10.1. The largest absolute Gasteiger partial charge is 0.497 e. The maximum atomic E-state index is 5.44. The Morgan fingerprint density at radius 1 is 1.24 bits per heavy atom. The molecule has 140 valence electrons. The highest BCUT2D eigenvalue weighted by molar-refractivity contribution is 14.0. The molecule has 0 saturated carbocycles. The number of halogens is 1. The molecule has 1 atom stereocenters. The Morgan fingerprint density at radius 3 is 2.52 bits per heavy atom. The van der Waals surface area contributed by atoms with E-state index in [1.54, 1.807) is 7.11 Å². The minimum atomic E-state index is 0. The van der Waals surface area contributed by atoms with Crippen LogP contribution in [-0.2, 0) is 4.74 Å². The molecule has 2 fully saturated rings. The molecule has 6 nitrogen and oxygen atoms in total. The lowest BCUT2D eigenvalue weighted by Crippen LogP contribution is -2.53. The number of methoxy groups -OCH3 is 1. The second-order valence-electron chi connectivity index (χ2n) is 6.33. The summed E-state index contributed by atoms with van der Waals surface area (Å²) in [5, 5.41) is 3.51. The van der Waals surface area contributed by atoms with Crippen LogP contribution in [0.5, 0.6) is 5.75 Å². The maximum Gasteiger partial charge on any atom is 0.193 e. The Morgan fingerprint density at radius 2 is 1.96 bits per heavy atom. The van der Waals surface area contributed by atoms with Crippen LogP contribution in [-0.4, -0.2) is 71.0 Å². The van der Waals surface area contributed by atoms with Crippen molar-refractivity contribution >= 4 is 35.6 Å². The lowest BCUT2D eigenvalue weighted by molar-refractivity contribution is 0.186. The first-order chi connectivity index (χ1) is 11.8. The van der Waals surface area contributed by atoms with Gasteiger partial charge in [-0.05, 0) is 30.7 Å². The summed E-state index contributed by atoms with van der Waals surface area (Å²) >= 11 is 0. The lowest BCUT2D eigenvalue weighted by Gasteiger charge is -2.38. The third-order valence-electron chi connectivity index (χ3n) is 4.80. The van der Waals surface area contributed by atoms with Gasteiger partial charge in [-0.1, -0.05) is 0 Å². The summed E-state index contributed by atoms with van der Waals surface area (Å²) in [5.41, 5.74) is 1.25. The van der Waals surface area contributed by atoms with Gasteiger partial charge in [0.2, 0.25) is 0 Å². The van der Waals surface area contributed by atoms with E-state index < -0.39 is 0 Å². The van der Waals surface area contributed by atoms with Gasteiger partial charge in [0.25, 0.3) is 0 Å². The first-order valence-electron chi connectivity index (χ1n) is 8.72. The average molecular weight is 460 g/mol. The fraction of sp³-hybridized carbons (Fsp3) is 0.611. The number of hydrogen-bond acceptors (Lipinski definition) is 4. The van der Waals surface area contributed by atoms with Crippen LogP contribution in [0.1, 0.15) is 6.42 Å². The van der Waals surface area contributed by atoms with E-state index in [0.29, 0.717) is 5.92 Å². The molecule has 2 aliphatic rings. The van der Waals surface area contributed by atoms with E-state index in [2.05, 4.69) is 32.2 Å². The van der Waals surface area contributed by atoms with Gasteiger partial charge in [-0.2, -0.15) is 0 Å². The number of nitrogens with zero attached hydrogens (tertiary/aromatic N) is 3. The molecular weight excluding hydrogens is 431 g/mol. The van der Waals surface area contributed by atoms with Crippen LogP contribution in [0.15, 0.2) is 29.3 Å². The molecular formula is C18H29IN4O2. The summed E-state index contributed by atoms with van der Waals surface area (Å²) < 4.78 is 10.7. The van der Waals surface area contributed by atoms with E-state index in [0.717, 1.165) is 64.1 Å². The summed E-state index contributed by atoms with van der Waals surface area (Å²) in [6.07, 6.45) is 1.15. The quantitative estimate of drug-likeness (QED) is 0.424. The molecule has 0 aliphatic carbocycles. The summed E-state index contributed by atoms with van der Waals surface area (Å²) in [4.78, 5) is 9.20. The normalized spacial score (nSPS) is 21.0. The highest BCUT2D eigenvalue weighted by Crippen LogP contribution is 2.20. The predicted octanol–water partition coefficient (Wildman–Crippen LogP) is 2.05. The fourth-order valence-corrected chi connectivity index (χ4v) is 3.28. The Kier molecular flexibility index (Phi) is 8.08. The molecule has 2 saturated heterocycles. The number of nitrogens with one attached hydrogen (secondary N) is 1. The SMILES string of the molecule is CN=C(NCC1CCOC1)N1CCN(c2ccc(OC)cc2)CC1.I. The molecule has 0 amide bonds. The van der Waals surface area contributed by atoms with Gasteiger partial charge in [-0.25, -0.2) is 0 Å². The van der Waals surface area contributed by atoms with E-state index in [4.69, 9.17) is 9.47 Å². The van der Waals surface area contributed by atoms with Crippen molar-refractivity contribution < 1.29 is 9.47 Å². The molecule has 7 heteroatoms. The highest BCUT2D eigenvalue weighted by atomic mass is 127. The van der Waals surface area contributed by atoms with Crippen molar-refractivity contribution in [3.05, 3.63) is 24.3 Å². The minimum Gasteiger partial charge on any atom is -0.497 e. The Bertz CT molecular complexity index is 539. The van der Waals surface area contributed by atoms with Gasteiger partial charge in [-0.15, -0.1) is 24.0 Å². The van der Waals surface area contributed by atoms with E-state index >= 15 is 0 Å². The van der Waals surface area contributed by atoms with E-state index in [9.17, 15) is 0 Å². The van der Waals surface area contributed by atoms with E-state index in [-0.39, 0.29) is 24.0 Å². The van der Waals surface area contributed by atoms with E-state index in [1.807, 2.05) is 19.2 Å². The van der Waals surface area contributed by atoms with Crippen LogP contribution in [0.3, 0.4) is 0 Å². The molecule has 0 bridgehead atoms. The molecule has 2 heterocycles. The predicted molar refractivity (Wildman–Crippen MR) is 112 cm³/mol. The van der Waals surface area contributed by atoms with Gasteiger partial charge in [0, 0.05) is 58.0 Å². The molecule has 1 aromatic carbocycles. The Hall–Kier alpha value is -1.22. The zero-order valence-corrected chi connectivity index (χ0v) is 17.4. The molecule has 1 unspecified atom stereocenters. The van der Waals surface area contributed by atoms with Crippen LogP contribution in [0, 0.1) is 5.92 Å². The van der Waals surface area contributed by atoms with Crippen molar-refractivity contribution in [3.8, 4) is 5.75 Å². The molecule has 0 spiro atoms. The maximum absolute atomic E-state index is 5.44. The third-order valence-corrected chi connectivity index (χ3v) is 4.80. The fourth-order valence-electron chi connectivity index (χ4n) is 3.28. The monoisotopic (exact) mass is 460 g/mol. The van der Waals surface area contributed by atoms with Crippen LogP contribution in [0.2, 0.25) is 0 Å². The molecule has 25 heavy (non-hydrogen) atoms. The number of aliphatic imine (C=N–C) groups is 1. The van der Waals surface area contributed by atoms with Crippen molar-refractivity contribution in [1.82, 2.24) is 10.2 Å². The smallest absolute Gasteiger partial charge is 0.193 e. The number of benzene rings is 1. The summed E-state index contributed by atoms with van der Waals surface area (Å²) in [5.74, 6) is 2.52. The minimum absolute atomic E-state index is 0. The van der Waals surface area contributed by atoms with Gasteiger partial charge in [-0.3, -0.25) is 4.99 Å². The Labute approximate surface area is 167 Å². The summed E-state index contributed by atoms with van der Waals surface area (Å²) in [6.45, 7) is 6.67. The molecule has 2 aliphatic heterocycles. The topological polar surface area (TPSA) is 49.3 Å². The number of ether oxygens (including phenoxy) is 2. The number of rotatable bonds is 4. The van der Waals surface area contributed by atoms with Crippen LogP contribution in [0.4, 0.5) is 5.69 Å². The zero-order valence-electron chi connectivity index (χ0n) is 15.1. The first kappa shape index (κ1) is 20.1. The van der Waals surface area contributed by atoms with E-state index in [1.165, 1.54) is 5.69 Å². The van der Waals surface area contributed by atoms with Gasteiger partial charge >= 0.3 is 0 Å². The summed E-state index contributed by atoms with van der Waals surface area (Å²) in [7, 11) is 3.56. The number of anilines is 1. The molecule has 3 rings (SSSR count). The van der Waals surface area contributed by atoms with Gasteiger partial charge in [0.15, 0.2) is 5.96 Å². The van der Waals surface area contributed by atoms with Crippen molar-refractivity contribution in [2.24, 2.45) is 10.9 Å². The number of hydrogen-bond donors (Lipinski definition) is 1. The number of piperazine rings is 1.